The minimum atomic E-state index is -1.61. The van der Waals surface area contributed by atoms with Gasteiger partial charge >= 0.3 is 0 Å². The fourth-order valence-corrected chi connectivity index (χ4v) is 4.83. The maximum absolute atomic E-state index is 6.32. The minimum absolute atomic E-state index is 0.253. The van der Waals surface area contributed by atoms with E-state index in [9.17, 15) is 0 Å². The van der Waals surface area contributed by atoms with Crippen LogP contribution in [0.4, 0.5) is 0 Å². The Morgan fingerprint density at radius 2 is 1.35 bits per heavy atom. The molecule has 1 nitrogen and oxygen atoms in total. The van der Waals surface area contributed by atoms with E-state index in [2.05, 4.69) is 56.7 Å². The lowest BCUT2D eigenvalue weighted by molar-refractivity contribution is 0.252. The number of hydrogen-bond donors (Lipinski definition) is 0. The summed E-state index contributed by atoms with van der Waals surface area (Å²) in [5, 5.41) is 0.557. The van der Waals surface area contributed by atoms with Crippen LogP contribution >= 0.6 is 15.9 Å². The van der Waals surface area contributed by atoms with Crippen molar-refractivity contribution in [2.75, 3.05) is 0 Å². The second-order valence-corrected chi connectivity index (χ2v) is 13.3. The number of halogens is 1. The van der Waals surface area contributed by atoms with E-state index in [1.165, 1.54) is 51.4 Å². The Balaban J connectivity index is 3.62. The Bertz CT molecular complexity index is 236. The van der Waals surface area contributed by atoms with Crippen LogP contribution in [0.1, 0.15) is 85.5 Å². The number of unbranched alkanes of at least 4 members (excludes halogenated alkanes) is 7. The molecule has 0 aliphatic heterocycles. The van der Waals surface area contributed by atoms with Crippen molar-refractivity contribution in [1.29, 1.82) is 0 Å². The molecule has 0 amide bonds. The van der Waals surface area contributed by atoms with Gasteiger partial charge in [-0.25, -0.2) is 0 Å². The van der Waals surface area contributed by atoms with Crippen LogP contribution < -0.4 is 0 Å². The fraction of sp³-hybridized carbons (Fsp3) is 1.00. The van der Waals surface area contributed by atoms with E-state index in [1.54, 1.807) is 0 Å². The Hall–Kier alpha value is 0.657. The summed E-state index contributed by atoms with van der Waals surface area (Å²) in [6.45, 7) is 13.8. The molecule has 20 heavy (non-hydrogen) atoms. The van der Waals surface area contributed by atoms with Crippen LogP contribution in [0.5, 0.6) is 0 Å². The van der Waals surface area contributed by atoms with Crippen LogP contribution in [0, 0.1) is 0 Å². The van der Waals surface area contributed by atoms with E-state index < -0.39 is 8.32 Å². The molecule has 0 aromatic rings. The number of alkyl halides is 1. The monoisotopic (exact) mass is 364 g/mol. The molecule has 122 valence electrons. The lowest BCUT2D eigenvalue weighted by Gasteiger charge is -2.38. The fourth-order valence-electron chi connectivity index (χ4n) is 1.99. The van der Waals surface area contributed by atoms with Crippen LogP contribution in [-0.2, 0) is 4.43 Å². The first-order valence-corrected chi connectivity index (χ1v) is 12.3. The molecule has 0 saturated carbocycles. The van der Waals surface area contributed by atoms with Crippen molar-refractivity contribution in [3.63, 3.8) is 0 Å². The Morgan fingerprint density at radius 3 is 1.80 bits per heavy atom. The highest BCUT2D eigenvalue weighted by Gasteiger charge is 2.38. The molecule has 0 radical (unpaired) electrons. The first kappa shape index (κ1) is 20.7. The molecule has 0 rings (SSSR count). The SMILES string of the molecule is CCCCCCCCCCC(Br)O[Si](C)(C)C(C)(C)C. The molecule has 0 heterocycles. The first-order valence-electron chi connectivity index (χ1n) is 8.52. The molecule has 0 N–H and O–H groups in total. The first-order chi connectivity index (χ1) is 9.20. The summed E-state index contributed by atoms with van der Waals surface area (Å²) in [4.78, 5) is 0. The van der Waals surface area contributed by atoms with E-state index >= 15 is 0 Å². The van der Waals surface area contributed by atoms with Crippen LogP contribution in [0.15, 0.2) is 0 Å². The molecule has 0 aromatic heterocycles. The summed E-state index contributed by atoms with van der Waals surface area (Å²) in [7, 11) is -1.61. The van der Waals surface area contributed by atoms with Gasteiger partial charge in [0.1, 0.15) is 5.01 Å². The zero-order valence-electron chi connectivity index (χ0n) is 14.7. The van der Waals surface area contributed by atoms with E-state index in [-0.39, 0.29) is 5.01 Å². The van der Waals surface area contributed by atoms with Gasteiger partial charge in [-0.2, -0.15) is 0 Å². The average Bonchev–Trinajstić information content (AvgIpc) is 2.30. The molecule has 0 saturated heterocycles. The van der Waals surface area contributed by atoms with Crippen molar-refractivity contribution in [2.24, 2.45) is 0 Å². The molecule has 0 fully saturated rings. The molecular weight excluding hydrogens is 328 g/mol. The number of hydrogen-bond acceptors (Lipinski definition) is 1. The standard InChI is InChI=1S/C17H37BrOSi/c1-7-8-9-10-11-12-13-14-15-16(18)19-20(5,6)17(2,3)4/h16H,7-15H2,1-6H3. The van der Waals surface area contributed by atoms with Gasteiger partial charge in [0.25, 0.3) is 0 Å². The van der Waals surface area contributed by atoms with Gasteiger partial charge in [0.15, 0.2) is 8.32 Å². The normalized spacial score (nSPS) is 14.6. The van der Waals surface area contributed by atoms with Crippen LogP contribution in [0.2, 0.25) is 18.1 Å². The summed E-state index contributed by atoms with van der Waals surface area (Å²) < 4.78 is 6.32. The van der Waals surface area contributed by atoms with Crippen molar-refractivity contribution in [1.82, 2.24) is 0 Å². The second kappa shape index (κ2) is 10.4. The zero-order chi connectivity index (χ0) is 15.6. The van der Waals surface area contributed by atoms with Crippen LogP contribution in [0.25, 0.3) is 0 Å². The zero-order valence-corrected chi connectivity index (χ0v) is 17.3. The maximum atomic E-state index is 6.32. The summed E-state index contributed by atoms with van der Waals surface area (Å²) >= 11 is 3.72. The lowest BCUT2D eigenvalue weighted by Crippen LogP contribution is -2.42. The molecule has 0 spiro atoms. The van der Waals surface area contributed by atoms with Gasteiger partial charge in [-0.15, -0.1) is 0 Å². The van der Waals surface area contributed by atoms with Crippen molar-refractivity contribution in [2.45, 2.75) is 109 Å². The van der Waals surface area contributed by atoms with Gasteiger partial charge in [-0.05, 0) is 24.6 Å². The molecule has 0 aromatic carbocycles. The number of rotatable bonds is 11. The van der Waals surface area contributed by atoms with Gasteiger partial charge < -0.3 is 4.43 Å². The second-order valence-electron chi connectivity index (χ2n) is 7.55. The third-order valence-electron chi connectivity index (χ3n) is 4.51. The van der Waals surface area contributed by atoms with E-state index in [0.717, 1.165) is 6.42 Å². The highest BCUT2D eigenvalue weighted by atomic mass is 79.9. The van der Waals surface area contributed by atoms with E-state index in [1.807, 2.05) is 0 Å². The van der Waals surface area contributed by atoms with Gasteiger partial charge in [-0.1, -0.05) is 95.0 Å². The molecule has 0 aliphatic carbocycles. The van der Waals surface area contributed by atoms with Crippen molar-refractivity contribution in [3.8, 4) is 0 Å². The minimum Gasteiger partial charge on any atom is -0.404 e. The third kappa shape index (κ3) is 9.57. The van der Waals surface area contributed by atoms with Gasteiger partial charge in [-0.3, -0.25) is 0 Å². The van der Waals surface area contributed by atoms with Gasteiger partial charge in [0.2, 0.25) is 0 Å². The summed E-state index contributed by atoms with van der Waals surface area (Å²) in [5.74, 6) is 0. The highest BCUT2D eigenvalue weighted by Crippen LogP contribution is 2.38. The van der Waals surface area contributed by atoms with Crippen molar-refractivity contribution < 1.29 is 4.43 Å². The largest absolute Gasteiger partial charge is 0.404 e. The quantitative estimate of drug-likeness (QED) is 0.213. The predicted octanol–water partition coefficient (Wildman–Crippen LogP) is 7.26. The van der Waals surface area contributed by atoms with Crippen molar-refractivity contribution >= 4 is 24.2 Å². The summed E-state index contributed by atoms with van der Waals surface area (Å²) in [6, 6.07) is 0. The Kier molecular flexibility index (Phi) is 10.7. The average molecular weight is 365 g/mol. The molecule has 1 unspecified atom stereocenters. The van der Waals surface area contributed by atoms with E-state index in [4.69, 9.17) is 4.43 Å². The van der Waals surface area contributed by atoms with Crippen LogP contribution in [0.3, 0.4) is 0 Å². The lowest BCUT2D eigenvalue weighted by atomic mass is 10.1. The van der Waals surface area contributed by atoms with Gasteiger partial charge in [0.05, 0.1) is 0 Å². The van der Waals surface area contributed by atoms with Crippen LogP contribution in [-0.4, -0.2) is 13.3 Å². The molecule has 0 aliphatic rings. The molecule has 0 bridgehead atoms. The summed E-state index contributed by atoms with van der Waals surface area (Å²) in [6.07, 6.45) is 12.2. The summed E-state index contributed by atoms with van der Waals surface area (Å²) in [5.41, 5.74) is 0. The maximum Gasteiger partial charge on any atom is 0.193 e. The molecular formula is C17H37BrOSi. The van der Waals surface area contributed by atoms with E-state index in [0.29, 0.717) is 5.04 Å². The van der Waals surface area contributed by atoms with Gasteiger partial charge in [0, 0.05) is 0 Å². The topological polar surface area (TPSA) is 9.23 Å². The predicted molar refractivity (Wildman–Crippen MR) is 98.2 cm³/mol. The highest BCUT2D eigenvalue weighted by molar-refractivity contribution is 9.09. The Morgan fingerprint density at radius 1 is 0.900 bits per heavy atom. The van der Waals surface area contributed by atoms with Crippen molar-refractivity contribution in [3.05, 3.63) is 0 Å². The Labute approximate surface area is 137 Å². The molecule has 1 atom stereocenters. The smallest absolute Gasteiger partial charge is 0.193 e. The third-order valence-corrected chi connectivity index (χ3v) is 9.99. The molecule has 3 heteroatoms.